The zero-order chi connectivity index (χ0) is 12.3. The van der Waals surface area contributed by atoms with Crippen LogP contribution >= 0.6 is 11.8 Å². The molecule has 0 fully saturated rings. The average Bonchev–Trinajstić information content (AvgIpc) is 2.32. The van der Waals surface area contributed by atoms with Gasteiger partial charge >= 0.3 is 0 Å². The molecule has 0 saturated heterocycles. The monoisotopic (exact) mass is 240 g/mol. The van der Waals surface area contributed by atoms with E-state index in [1.807, 2.05) is 49.4 Å². The van der Waals surface area contributed by atoms with Gasteiger partial charge in [-0.05, 0) is 42.8 Å². The summed E-state index contributed by atoms with van der Waals surface area (Å²) in [5.41, 5.74) is 8.38. The largest absolute Gasteiger partial charge is 0.398 e. The Labute approximate surface area is 105 Å². The molecule has 17 heavy (non-hydrogen) atoms. The van der Waals surface area contributed by atoms with Crippen molar-refractivity contribution in [1.82, 2.24) is 0 Å². The van der Waals surface area contributed by atoms with Crippen LogP contribution in [0.2, 0.25) is 0 Å². The van der Waals surface area contributed by atoms with Crippen molar-refractivity contribution < 1.29 is 0 Å². The molecule has 2 aromatic carbocycles. The van der Waals surface area contributed by atoms with E-state index in [-0.39, 0.29) is 0 Å². The highest BCUT2D eigenvalue weighted by molar-refractivity contribution is 7.99. The molecule has 2 aromatic rings. The molecule has 0 amide bonds. The summed E-state index contributed by atoms with van der Waals surface area (Å²) in [4.78, 5) is 2.14. The highest BCUT2D eigenvalue weighted by Crippen LogP contribution is 2.32. The summed E-state index contributed by atoms with van der Waals surface area (Å²) in [6, 6.07) is 15.7. The minimum absolute atomic E-state index is 0.718. The molecule has 0 saturated carbocycles. The SMILES string of the molecule is Cc1cc(Sc2ccccc2N)ccc1C#N. The maximum atomic E-state index is 8.87. The summed E-state index contributed by atoms with van der Waals surface area (Å²) in [5.74, 6) is 0. The lowest BCUT2D eigenvalue weighted by Crippen LogP contribution is -1.88. The van der Waals surface area contributed by atoms with Gasteiger partial charge in [-0.25, -0.2) is 0 Å². The smallest absolute Gasteiger partial charge is 0.0994 e. The molecule has 2 N–H and O–H groups in total. The number of para-hydroxylation sites is 1. The Hall–Kier alpha value is -1.92. The van der Waals surface area contributed by atoms with Gasteiger partial charge in [0, 0.05) is 15.5 Å². The van der Waals surface area contributed by atoms with Gasteiger partial charge in [0.05, 0.1) is 11.6 Å². The second kappa shape index (κ2) is 4.94. The number of benzene rings is 2. The van der Waals surface area contributed by atoms with E-state index in [0.717, 1.165) is 26.6 Å². The van der Waals surface area contributed by atoms with Gasteiger partial charge in [-0.2, -0.15) is 5.26 Å². The molecular weight excluding hydrogens is 228 g/mol. The predicted octanol–water partition coefficient (Wildman–Crippen LogP) is 3.60. The van der Waals surface area contributed by atoms with Crippen molar-refractivity contribution in [2.45, 2.75) is 16.7 Å². The number of nitriles is 1. The van der Waals surface area contributed by atoms with Crippen molar-refractivity contribution >= 4 is 17.4 Å². The topological polar surface area (TPSA) is 49.8 Å². The third-order valence-corrected chi connectivity index (χ3v) is 3.55. The number of nitrogen functional groups attached to an aromatic ring is 1. The van der Waals surface area contributed by atoms with Crippen LogP contribution in [0.5, 0.6) is 0 Å². The normalized spacial score (nSPS) is 9.88. The lowest BCUT2D eigenvalue weighted by atomic mass is 10.1. The Morgan fingerprint density at radius 1 is 1.18 bits per heavy atom. The van der Waals surface area contributed by atoms with Gasteiger partial charge in [-0.15, -0.1) is 0 Å². The molecule has 0 aliphatic rings. The van der Waals surface area contributed by atoms with Crippen molar-refractivity contribution in [3.05, 3.63) is 53.6 Å². The first kappa shape index (κ1) is 11.6. The molecule has 0 aliphatic carbocycles. The van der Waals surface area contributed by atoms with Gasteiger partial charge in [0.2, 0.25) is 0 Å². The molecule has 0 aromatic heterocycles. The Balaban J connectivity index is 2.29. The summed E-state index contributed by atoms with van der Waals surface area (Å²) in [6.07, 6.45) is 0. The zero-order valence-electron chi connectivity index (χ0n) is 9.47. The quantitative estimate of drug-likeness (QED) is 0.816. The predicted molar refractivity (Wildman–Crippen MR) is 70.9 cm³/mol. The molecule has 3 heteroatoms. The van der Waals surface area contributed by atoms with Crippen LogP contribution in [0.25, 0.3) is 0 Å². The second-order valence-corrected chi connectivity index (χ2v) is 4.84. The van der Waals surface area contributed by atoms with Crippen LogP contribution < -0.4 is 5.73 Å². The van der Waals surface area contributed by atoms with Crippen molar-refractivity contribution in [1.29, 1.82) is 5.26 Å². The number of aryl methyl sites for hydroxylation is 1. The Morgan fingerprint density at radius 2 is 1.94 bits per heavy atom. The summed E-state index contributed by atoms with van der Waals surface area (Å²) in [5, 5.41) is 8.87. The van der Waals surface area contributed by atoms with Crippen molar-refractivity contribution in [2.24, 2.45) is 0 Å². The van der Waals surface area contributed by atoms with Gasteiger partial charge in [-0.1, -0.05) is 23.9 Å². The maximum Gasteiger partial charge on any atom is 0.0994 e. The average molecular weight is 240 g/mol. The molecule has 0 unspecified atom stereocenters. The van der Waals surface area contributed by atoms with Gasteiger partial charge in [-0.3, -0.25) is 0 Å². The fourth-order valence-electron chi connectivity index (χ4n) is 1.53. The first-order valence-electron chi connectivity index (χ1n) is 5.24. The Morgan fingerprint density at radius 3 is 2.59 bits per heavy atom. The highest BCUT2D eigenvalue weighted by Gasteiger charge is 2.03. The number of nitrogens with two attached hydrogens (primary N) is 1. The standard InChI is InChI=1S/C14H12N2S/c1-10-8-12(7-6-11(10)9-15)17-14-5-3-2-4-13(14)16/h2-8H,16H2,1H3. The molecule has 0 aliphatic heterocycles. The van der Waals surface area contributed by atoms with Gasteiger partial charge in [0.25, 0.3) is 0 Å². The van der Waals surface area contributed by atoms with E-state index in [1.165, 1.54) is 0 Å². The molecule has 0 spiro atoms. The van der Waals surface area contributed by atoms with E-state index in [1.54, 1.807) is 11.8 Å². The second-order valence-electron chi connectivity index (χ2n) is 3.73. The third-order valence-electron chi connectivity index (χ3n) is 2.47. The van der Waals surface area contributed by atoms with Crippen LogP contribution in [-0.4, -0.2) is 0 Å². The van der Waals surface area contributed by atoms with Crippen molar-refractivity contribution in [2.75, 3.05) is 5.73 Å². The fraction of sp³-hybridized carbons (Fsp3) is 0.0714. The van der Waals surface area contributed by atoms with Crippen LogP contribution in [0.4, 0.5) is 5.69 Å². The summed E-state index contributed by atoms with van der Waals surface area (Å²) in [6.45, 7) is 1.94. The third kappa shape index (κ3) is 2.61. The van der Waals surface area contributed by atoms with Gasteiger partial charge in [0.15, 0.2) is 0 Å². The van der Waals surface area contributed by atoms with Crippen molar-refractivity contribution in [3.8, 4) is 6.07 Å². The lowest BCUT2D eigenvalue weighted by Gasteiger charge is -2.06. The Kier molecular flexibility index (Phi) is 3.36. The van der Waals surface area contributed by atoms with Crippen molar-refractivity contribution in [3.63, 3.8) is 0 Å². The van der Waals surface area contributed by atoms with E-state index in [9.17, 15) is 0 Å². The molecule has 0 bridgehead atoms. The maximum absolute atomic E-state index is 8.87. The summed E-state index contributed by atoms with van der Waals surface area (Å²) >= 11 is 1.61. The molecule has 0 radical (unpaired) electrons. The summed E-state index contributed by atoms with van der Waals surface area (Å²) < 4.78 is 0. The minimum atomic E-state index is 0.718. The van der Waals surface area contributed by atoms with Crippen LogP contribution in [-0.2, 0) is 0 Å². The molecule has 0 heterocycles. The number of nitrogens with zero attached hydrogens (tertiary/aromatic N) is 1. The van der Waals surface area contributed by atoms with E-state index in [0.29, 0.717) is 0 Å². The number of rotatable bonds is 2. The van der Waals surface area contributed by atoms with Crippen LogP contribution in [0.1, 0.15) is 11.1 Å². The lowest BCUT2D eigenvalue weighted by molar-refractivity contribution is 1.31. The molecule has 2 rings (SSSR count). The number of anilines is 1. The first-order chi connectivity index (χ1) is 8.20. The molecular formula is C14H12N2S. The Bertz CT molecular complexity index is 585. The van der Waals surface area contributed by atoms with E-state index >= 15 is 0 Å². The van der Waals surface area contributed by atoms with E-state index in [2.05, 4.69) is 6.07 Å². The zero-order valence-corrected chi connectivity index (χ0v) is 10.3. The molecule has 2 nitrogen and oxygen atoms in total. The number of hydrogen-bond acceptors (Lipinski definition) is 3. The number of hydrogen-bond donors (Lipinski definition) is 1. The van der Waals surface area contributed by atoms with Crippen LogP contribution in [0.3, 0.4) is 0 Å². The van der Waals surface area contributed by atoms with E-state index in [4.69, 9.17) is 11.0 Å². The summed E-state index contributed by atoms with van der Waals surface area (Å²) in [7, 11) is 0. The van der Waals surface area contributed by atoms with Gasteiger partial charge < -0.3 is 5.73 Å². The van der Waals surface area contributed by atoms with Crippen LogP contribution in [0.15, 0.2) is 52.3 Å². The first-order valence-corrected chi connectivity index (χ1v) is 6.05. The van der Waals surface area contributed by atoms with Crippen LogP contribution in [0, 0.1) is 18.3 Å². The van der Waals surface area contributed by atoms with Gasteiger partial charge in [0.1, 0.15) is 0 Å². The molecule has 84 valence electrons. The molecule has 0 atom stereocenters. The minimum Gasteiger partial charge on any atom is -0.398 e. The van der Waals surface area contributed by atoms with E-state index < -0.39 is 0 Å². The highest BCUT2D eigenvalue weighted by atomic mass is 32.2. The fourth-order valence-corrected chi connectivity index (χ4v) is 2.48.